The minimum Gasteiger partial charge on any atom is -0.309 e. The number of nitrogens with zero attached hydrogens (tertiary/aromatic N) is 2. The van der Waals surface area contributed by atoms with Crippen LogP contribution in [0.1, 0.15) is 42.6 Å². The molecule has 1 unspecified atom stereocenters. The summed E-state index contributed by atoms with van der Waals surface area (Å²) in [7, 11) is -3.63. The molecule has 0 spiro atoms. The van der Waals surface area contributed by atoms with Crippen LogP contribution < -0.4 is 4.90 Å². The molecule has 1 atom stereocenters. The number of amides is 1. The number of hydrogen-bond donors (Lipinski definition) is 0. The topological polar surface area (TPSA) is 74.8 Å². The van der Waals surface area contributed by atoms with Gasteiger partial charge in [0.25, 0.3) is 0 Å². The fourth-order valence-electron chi connectivity index (χ4n) is 4.45. The average Bonchev–Trinajstić information content (AvgIpc) is 3.09. The first-order chi connectivity index (χ1) is 14.3. The van der Waals surface area contributed by atoms with Crippen molar-refractivity contribution < 1.29 is 18.0 Å². The molecule has 2 heterocycles. The van der Waals surface area contributed by atoms with Crippen molar-refractivity contribution in [3.8, 4) is 0 Å². The second-order valence-electron chi connectivity index (χ2n) is 8.15. The van der Waals surface area contributed by atoms with Crippen molar-refractivity contribution in [2.24, 2.45) is 5.92 Å². The van der Waals surface area contributed by atoms with Crippen LogP contribution in [0.25, 0.3) is 0 Å². The number of carbonyl (C=O) groups is 2. The highest BCUT2D eigenvalue weighted by Gasteiger charge is 2.38. The number of rotatable bonds is 4. The highest BCUT2D eigenvalue weighted by atomic mass is 32.2. The Kier molecular flexibility index (Phi) is 5.51. The number of anilines is 1. The Morgan fingerprint density at radius 2 is 1.60 bits per heavy atom. The number of fused-ring (bicyclic) bond motifs is 1. The average molecular weight is 427 g/mol. The molecule has 2 aromatic rings. The molecule has 7 heteroatoms. The molecule has 2 aliphatic rings. The minimum absolute atomic E-state index is 0.0929. The van der Waals surface area contributed by atoms with E-state index in [-0.39, 0.29) is 28.5 Å². The van der Waals surface area contributed by atoms with Gasteiger partial charge >= 0.3 is 0 Å². The number of benzene rings is 2. The molecule has 1 amide bonds. The van der Waals surface area contributed by atoms with Crippen LogP contribution in [0.2, 0.25) is 0 Å². The van der Waals surface area contributed by atoms with Crippen LogP contribution in [-0.2, 0) is 21.2 Å². The van der Waals surface area contributed by atoms with E-state index in [1.807, 2.05) is 23.1 Å². The second-order valence-corrected chi connectivity index (χ2v) is 10.1. The molecule has 0 bridgehead atoms. The van der Waals surface area contributed by atoms with E-state index in [1.54, 1.807) is 0 Å². The first-order valence-electron chi connectivity index (χ1n) is 10.3. The number of piperidine rings is 1. The molecule has 2 aromatic carbocycles. The van der Waals surface area contributed by atoms with Gasteiger partial charge in [0.05, 0.1) is 4.90 Å². The lowest BCUT2D eigenvalue weighted by Crippen LogP contribution is -2.46. The number of hydrogen-bond acceptors (Lipinski definition) is 4. The fraction of sp³-hybridized carbons (Fsp3) is 0.391. The Bertz CT molecular complexity index is 1070. The Balaban J connectivity index is 1.45. The van der Waals surface area contributed by atoms with Crippen molar-refractivity contribution in [3.05, 3.63) is 59.7 Å². The van der Waals surface area contributed by atoms with Crippen LogP contribution in [0.5, 0.6) is 0 Å². The highest BCUT2D eigenvalue weighted by Crippen LogP contribution is 2.35. The first-order valence-corrected chi connectivity index (χ1v) is 11.7. The lowest BCUT2D eigenvalue weighted by atomic mass is 9.96. The molecule has 2 aliphatic heterocycles. The van der Waals surface area contributed by atoms with Crippen LogP contribution in [-0.4, -0.2) is 43.5 Å². The zero-order valence-electron chi connectivity index (χ0n) is 17.2. The van der Waals surface area contributed by atoms with Crippen molar-refractivity contribution in [1.82, 2.24) is 4.31 Å². The summed E-state index contributed by atoms with van der Waals surface area (Å²) in [5.74, 6) is -0.184. The van der Waals surface area contributed by atoms with Crippen molar-refractivity contribution >= 4 is 27.4 Å². The van der Waals surface area contributed by atoms with Gasteiger partial charge in [0.1, 0.15) is 0 Å². The van der Waals surface area contributed by atoms with Crippen LogP contribution in [0.3, 0.4) is 0 Å². The zero-order chi connectivity index (χ0) is 21.5. The third-order valence-corrected chi connectivity index (χ3v) is 8.06. The molecule has 0 saturated carbocycles. The fourth-order valence-corrected chi connectivity index (χ4v) is 5.92. The number of ketones is 1. The van der Waals surface area contributed by atoms with E-state index in [1.165, 1.54) is 41.1 Å². The van der Waals surface area contributed by atoms with E-state index < -0.39 is 10.0 Å². The third kappa shape index (κ3) is 3.68. The van der Waals surface area contributed by atoms with Crippen molar-refractivity contribution in [2.45, 2.75) is 44.0 Å². The standard InChI is InChI=1S/C23H26N2O4S/c1-16-15-20-5-3-4-6-22(20)25(16)23(27)19-11-13-24(14-12-19)30(28,29)21-9-7-18(8-10-21)17(2)26/h3-10,16,19H,11-15H2,1-2H3. The van der Waals surface area contributed by atoms with Crippen LogP contribution in [0, 0.1) is 5.92 Å². The third-order valence-electron chi connectivity index (χ3n) is 6.15. The first kappa shape index (κ1) is 20.8. The van der Waals surface area contributed by atoms with Gasteiger partial charge in [-0.3, -0.25) is 9.59 Å². The van der Waals surface area contributed by atoms with E-state index in [2.05, 4.69) is 13.0 Å². The number of carbonyl (C=O) groups excluding carboxylic acids is 2. The summed E-state index contributed by atoms with van der Waals surface area (Å²) in [4.78, 5) is 26.7. The zero-order valence-corrected chi connectivity index (χ0v) is 18.1. The molecule has 4 rings (SSSR count). The van der Waals surface area contributed by atoms with Gasteiger partial charge in [-0.15, -0.1) is 0 Å². The van der Waals surface area contributed by atoms with E-state index in [9.17, 15) is 18.0 Å². The summed E-state index contributed by atoms with van der Waals surface area (Å²) in [5, 5.41) is 0. The van der Waals surface area contributed by atoms with Crippen molar-refractivity contribution in [3.63, 3.8) is 0 Å². The molecule has 0 N–H and O–H groups in total. The van der Waals surface area contributed by atoms with Crippen LogP contribution in [0.4, 0.5) is 5.69 Å². The van der Waals surface area contributed by atoms with Crippen molar-refractivity contribution in [2.75, 3.05) is 18.0 Å². The van der Waals surface area contributed by atoms with E-state index in [0.29, 0.717) is 31.5 Å². The molecular formula is C23H26N2O4S. The summed E-state index contributed by atoms with van der Waals surface area (Å²) in [6, 6.07) is 14.1. The highest BCUT2D eigenvalue weighted by molar-refractivity contribution is 7.89. The van der Waals surface area contributed by atoms with E-state index in [4.69, 9.17) is 0 Å². The maximum atomic E-state index is 13.2. The quantitative estimate of drug-likeness (QED) is 0.704. The summed E-state index contributed by atoms with van der Waals surface area (Å²) in [5.41, 5.74) is 2.65. The molecule has 0 aromatic heterocycles. The Morgan fingerprint density at radius 1 is 0.967 bits per heavy atom. The lowest BCUT2D eigenvalue weighted by Gasteiger charge is -2.34. The van der Waals surface area contributed by atoms with Gasteiger partial charge in [-0.2, -0.15) is 4.31 Å². The molecular weight excluding hydrogens is 400 g/mol. The van der Waals surface area contributed by atoms with Crippen LogP contribution in [0.15, 0.2) is 53.4 Å². The molecule has 158 valence electrons. The largest absolute Gasteiger partial charge is 0.309 e. The molecule has 0 aliphatic carbocycles. The lowest BCUT2D eigenvalue weighted by molar-refractivity contribution is -0.123. The second kappa shape index (κ2) is 7.96. The number of Topliss-reactive ketones (excluding diaryl/α,β-unsaturated/α-hetero) is 1. The summed E-state index contributed by atoms with van der Waals surface area (Å²) in [6.45, 7) is 4.14. The summed E-state index contributed by atoms with van der Waals surface area (Å²) in [6.07, 6.45) is 1.87. The Morgan fingerprint density at radius 3 is 2.23 bits per heavy atom. The maximum absolute atomic E-state index is 13.2. The predicted molar refractivity (Wildman–Crippen MR) is 115 cm³/mol. The van der Waals surface area contributed by atoms with Crippen LogP contribution >= 0.6 is 0 Å². The smallest absolute Gasteiger partial charge is 0.243 e. The van der Waals surface area contributed by atoms with Gasteiger partial charge in [0.2, 0.25) is 15.9 Å². The van der Waals surface area contributed by atoms with Gasteiger partial charge in [0.15, 0.2) is 5.78 Å². The van der Waals surface area contributed by atoms with Crippen molar-refractivity contribution in [1.29, 1.82) is 0 Å². The molecule has 0 radical (unpaired) electrons. The normalized spacial score (nSPS) is 20.2. The minimum atomic E-state index is -3.63. The molecule has 30 heavy (non-hydrogen) atoms. The number of para-hydroxylation sites is 1. The van der Waals surface area contributed by atoms with Gasteiger partial charge in [-0.1, -0.05) is 30.3 Å². The van der Waals surface area contributed by atoms with Gasteiger partial charge in [-0.25, -0.2) is 8.42 Å². The van der Waals surface area contributed by atoms with E-state index in [0.717, 1.165) is 12.1 Å². The van der Waals surface area contributed by atoms with Gasteiger partial charge < -0.3 is 4.90 Å². The molecule has 1 fully saturated rings. The Hall–Kier alpha value is -2.51. The summed E-state index contributed by atoms with van der Waals surface area (Å²) >= 11 is 0. The SMILES string of the molecule is CC(=O)c1ccc(S(=O)(=O)N2CCC(C(=O)N3c4ccccc4CC3C)CC2)cc1. The Labute approximate surface area is 177 Å². The van der Waals surface area contributed by atoms with Gasteiger partial charge in [-0.05, 0) is 56.9 Å². The predicted octanol–water partition coefficient (Wildman–Crippen LogP) is 3.27. The molecule has 1 saturated heterocycles. The maximum Gasteiger partial charge on any atom is 0.243 e. The van der Waals surface area contributed by atoms with E-state index >= 15 is 0 Å². The van der Waals surface area contributed by atoms with Gasteiger partial charge in [0, 0.05) is 36.3 Å². The summed E-state index contributed by atoms with van der Waals surface area (Å²) < 4.78 is 27.4. The molecule has 6 nitrogen and oxygen atoms in total. The monoisotopic (exact) mass is 426 g/mol. The number of sulfonamides is 1.